The van der Waals surface area contributed by atoms with Gasteiger partial charge in [0.15, 0.2) is 0 Å². The van der Waals surface area contributed by atoms with Gasteiger partial charge in [0.1, 0.15) is 5.69 Å². The van der Waals surface area contributed by atoms with Gasteiger partial charge in [0.05, 0.1) is 29.1 Å². The molecule has 3 rings (SSSR count). The normalized spacial score (nSPS) is 11.0. The molecule has 0 aliphatic carbocycles. The van der Waals surface area contributed by atoms with Gasteiger partial charge in [0, 0.05) is 5.39 Å². The minimum Gasteiger partial charge on any atom is -0.275 e. The number of nitrogens with zero attached hydrogens (tertiary/aromatic N) is 4. The van der Waals surface area contributed by atoms with Crippen molar-refractivity contribution in [1.82, 2.24) is 25.2 Å². The summed E-state index contributed by atoms with van der Waals surface area (Å²) in [6.45, 7) is 0. The fraction of sp³-hybridized carbons (Fsp3) is 0. The lowest BCUT2D eigenvalue weighted by Gasteiger charge is -2.01. The molecule has 0 spiro atoms. The molecule has 0 radical (unpaired) electrons. The quantitative estimate of drug-likeness (QED) is 0.679. The van der Waals surface area contributed by atoms with Crippen LogP contribution >= 0.6 is 11.6 Å². The minimum absolute atomic E-state index is 0.662. The lowest BCUT2D eigenvalue weighted by molar-refractivity contribution is 0.755. The molecular formula is C9H6ClN5. The van der Waals surface area contributed by atoms with E-state index >= 15 is 0 Å². The molecule has 0 saturated carbocycles. The molecule has 1 aromatic carbocycles. The van der Waals surface area contributed by atoms with Gasteiger partial charge in [0.25, 0.3) is 0 Å². The molecule has 0 fully saturated rings. The number of hydrogen-bond acceptors (Lipinski definition) is 3. The number of hydrogen-bond donors (Lipinski definition) is 1. The predicted octanol–water partition coefficient (Wildman–Crippen LogP) is 1.80. The van der Waals surface area contributed by atoms with Gasteiger partial charge in [-0.05, 0) is 12.1 Å². The summed E-state index contributed by atoms with van der Waals surface area (Å²) >= 11 is 6.02. The fourth-order valence-electron chi connectivity index (χ4n) is 1.49. The second-order valence-corrected chi connectivity index (χ2v) is 3.45. The van der Waals surface area contributed by atoms with Gasteiger partial charge in [-0.15, -0.1) is 4.80 Å². The minimum atomic E-state index is 0.662. The SMILES string of the molecule is Clc1ccc(-n2nccn2)c2[nH]ncc12. The number of aromatic nitrogens is 5. The van der Waals surface area contributed by atoms with E-state index in [0.717, 1.165) is 16.6 Å². The van der Waals surface area contributed by atoms with Crippen LogP contribution in [0.2, 0.25) is 5.02 Å². The van der Waals surface area contributed by atoms with Crippen LogP contribution in [-0.2, 0) is 0 Å². The Hall–Kier alpha value is -1.88. The van der Waals surface area contributed by atoms with Crippen LogP contribution in [-0.4, -0.2) is 25.2 Å². The van der Waals surface area contributed by atoms with Crippen molar-refractivity contribution < 1.29 is 0 Å². The van der Waals surface area contributed by atoms with Crippen molar-refractivity contribution in [1.29, 1.82) is 0 Å². The van der Waals surface area contributed by atoms with E-state index in [1.165, 1.54) is 4.80 Å². The average molecular weight is 220 g/mol. The van der Waals surface area contributed by atoms with Crippen molar-refractivity contribution in [3.63, 3.8) is 0 Å². The molecule has 0 aliphatic rings. The lowest BCUT2D eigenvalue weighted by Crippen LogP contribution is -1.99. The van der Waals surface area contributed by atoms with Crippen molar-refractivity contribution in [2.75, 3.05) is 0 Å². The Morgan fingerprint density at radius 1 is 1.20 bits per heavy atom. The maximum Gasteiger partial charge on any atom is 0.111 e. The summed E-state index contributed by atoms with van der Waals surface area (Å²) in [6.07, 6.45) is 4.93. The van der Waals surface area contributed by atoms with E-state index in [0.29, 0.717) is 5.02 Å². The van der Waals surface area contributed by atoms with Crippen LogP contribution in [0.25, 0.3) is 16.6 Å². The standard InChI is InChI=1S/C9H6ClN5/c10-7-1-2-8(15-12-3-4-13-15)9-6(7)5-11-14-9/h1-5H,(H,11,14). The van der Waals surface area contributed by atoms with Crippen LogP contribution < -0.4 is 0 Å². The van der Waals surface area contributed by atoms with E-state index in [4.69, 9.17) is 11.6 Å². The van der Waals surface area contributed by atoms with Gasteiger partial charge in [-0.1, -0.05) is 11.6 Å². The molecule has 0 saturated heterocycles. The molecule has 0 atom stereocenters. The second-order valence-electron chi connectivity index (χ2n) is 3.04. The number of fused-ring (bicyclic) bond motifs is 1. The molecule has 3 aromatic rings. The molecule has 2 heterocycles. The molecule has 0 amide bonds. The van der Waals surface area contributed by atoms with E-state index in [9.17, 15) is 0 Å². The Bertz CT molecular complexity index is 598. The summed E-state index contributed by atoms with van der Waals surface area (Å²) in [5.41, 5.74) is 1.66. The predicted molar refractivity (Wildman–Crippen MR) is 56.0 cm³/mol. The number of rotatable bonds is 1. The largest absolute Gasteiger partial charge is 0.275 e. The number of aromatic amines is 1. The number of H-pyrrole nitrogens is 1. The highest BCUT2D eigenvalue weighted by Crippen LogP contribution is 2.25. The molecule has 0 bridgehead atoms. The van der Waals surface area contributed by atoms with Crippen LogP contribution in [0.3, 0.4) is 0 Å². The van der Waals surface area contributed by atoms with Crippen molar-refractivity contribution in [3.05, 3.63) is 35.7 Å². The molecular weight excluding hydrogens is 214 g/mol. The molecule has 15 heavy (non-hydrogen) atoms. The van der Waals surface area contributed by atoms with E-state index in [1.54, 1.807) is 24.7 Å². The Labute approximate surface area is 89.7 Å². The topological polar surface area (TPSA) is 59.4 Å². The van der Waals surface area contributed by atoms with Gasteiger partial charge in [-0.2, -0.15) is 15.3 Å². The zero-order valence-corrected chi connectivity index (χ0v) is 8.31. The molecule has 1 N–H and O–H groups in total. The molecule has 6 heteroatoms. The summed E-state index contributed by atoms with van der Waals surface area (Å²) in [5.74, 6) is 0. The molecule has 0 unspecified atom stereocenters. The fourth-order valence-corrected chi connectivity index (χ4v) is 1.70. The van der Waals surface area contributed by atoms with E-state index in [1.807, 2.05) is 6.07 Å². The van der Waals surface area contributed by atoms with Gasteiger partial charge in [-0.3, -0.25) is 5.10 Å². The zero-order valence-electron chi connectivity index (χ0n) is 7.55. The van der Waals surface area contributed by atoms with Crippen LogP contribution in [0.15, 0.2) is 30.7 Å². The van der Waals surface area contributed by atoms with E-state index in [2.05, 4.69) is 20.4 Å². The number of nitrogens with one attached hydrogen (secondary N) is 1. The summed E-state index contributed by atoms with van der Waals surface area (Å²) in [6, 6.07) is 3.65. The van der Waals surface area contributed by atoms with Crippen LogP contribution in [0.4, 0.5) is 0 Å². The summed E-state index contributed by atoms with van der Waals surface area (Å²) in [5, 5.41) is 16.5. The average Bonchev–Trinajstić information content (AvgIpc) is 2.88. The van der Waals surface area contributed by atoms with Gasteiger partial charge in [0.2, 0.25) is 0 Å². The highest BCUT2D eigenvalue weighted by Gasteiger charge is 2.08. The highest BCUT2D eigenvalue weighted by atomic mass is 35.5. The summed E-state index contributed by atoms with van der Waals surface area (Å²) < 4.78 is 0. The first kappa shape index (κ1) is 8.43. The third kappa shape index (κ3) is 1.20. The van der Waals surface area contributed by atoms with Gasteiger partial charge >= 0.3 is 0 Å². The van der Waals surface area contributed by atoms with E-state index in [-0.39, 0.29) is 0 Å². The first-order valence-electron chi connectivity index (χ1n) is 4.34. The lowest BCUT2D eigenvalue weighted by atomic mass is 10.2. The Morgan fingerprint density at radius 2 is 2.00 bits per heavy atom. The third-order valence-corrected chi connectivity index (χ3v) is 2.50. The Balaban J connectivity index is 2.37. The van der Waals surface area contributed by atoms with Crippen molar-refractivity contribution in [2.24, 2.45) is 0 Å². The number of benzene rings is 1. The monoisotopic (exact) mass is 219 g/mol. The summed E-state index contributed by atoms with van der Waals surface area (Å²) in [7, 11) is 0. The second kappa shape index (κ2) is 3.06. The van der Waals surface area contributed by atoms with Crippen LogP contribution in [0.5, 0.6) is 0 Å². The highest BCUT2D eigenvalue weighted by molar-refractivity contribution is 6.35. The van der Waals surface area contributed by atoms with Crippen LogP contribution in [0.1, 0.15) is 0 Å². The smallest absolute Gasteiger partial charge is 0.111 e. The molecule has 0 aliphatic heterocycles. The van der Waals surface area contributed by atoms with Crippen molar-refractivity contribution in [3.8, 4) is 5.69 Å². The molecule has 2 aromatic heterocycles. The Morgan fingerprint density at radius 3 is 2.80 bits per heavy atom. The maximum absolute atomic E-state index is 6.02. The first-order valence-corrected chi connectivity index (χ1v) is 4.72. The van der Waals surface area contributed by atoms with Crippen molar-refractivity contribution in [2.45, 2.75) is 0 Å². The first-order chi connectivity index (χ1) is 7.36. The third-order valence-electron chi connectivity index (χ3n) is 2.17. The van der Waals surface area contributed by atoms with Gasteiger partial charge in [-0.25, -0.2) is 0 Å². The molecule has 5 nitrogen and oxygen atoms in total. The number of halogens is 1. The van der Waals surface area contributed by atoms with Gasteiger partial charge < -0.3 is 0 Å². The summed E-state index contributed by atoms with van der Waals surface area (Å²) in [4.78, 5) is 1.52. The van der Waals surface area contributed by atoms with Crippen molar-refractivity contribution >= 4 is 22.5 Å². The Kier molecular flexibility index (Phi) is 1.72. The zero-order chi connectivity index (χ0) is 10.3. The molecule has 74 valence electrons. The van der Waals surface area contributed by atoms with E-state index < -0.39 is 0 Å². The maximum atomic E-state index is 6.02. The van der Waals surface area contributed by atoms with Crippen LogP contribution in [0, 0.1) is 0 Å².